The molecular weight excluding hydrogens is 324 g/mol. The summed E-state index contributed by atoms with van der Waals surface area (Å²) in [5.41, 5.74) is 1.85. The molecule has 0 fully saturated rings. The van der Waals surface area contributed by atoms with Gasteiger partial charge >= 0.3 is 0 Å². The number of carbonyl (C=O) groups excluding carboxylic acids is 1. The van der Waals surface area contributed by atoms with E-state index in [1.165, 1.54) is 0 Å². The van der Waals surface area contributed by atoms with Crippen molar-refractivity contribution < 1.29 is 9.53 Å². The molecule has 1 unspecified atom stereocenters. The smallest absolute Gasteiger partial charge is 0.262 e. The molecule has 26 heavy (non-hydrogen) atoms. The fourth-order valence-electron chi connectivity index (χ4n) is 2.41. The summed E-state index contributed by atoms with van der Waals surface area (Å²) in [4.78, 5) is 12.4. The van der Waals surface area contributed by atoms with Crippen LogP contribution in [0.15, 0.2) is 60.2 Å². The zero-order valence-corrected chi connectivity index (χ0v) is 15.2. The molecule has 0 saturated heterocycles. The molecule has 0 saturated carbocycles. The highest BCUT2D eigenvalue weighted by molar-refractivity contribution is 6.01. The van der Waals surface area contributed by atoms with Crippen molar-refractivity contribution in [2.75, 3.05) is 6.61 Å². The summed E-state index contributed by atoms with van der Waals surface area (Å²) in [6, 6.07) is 18.8. The largest absolute Gasteiger partial charge is 0.494 e. The van der Waals surface area contributed by atoms with Crippen molar-refractivity contribution in [1.82, 2.24) is 5.32 Å². The SMILES string of the molecule is CCCCOc1ccc(/C=C(\C#N)C(=O)NC(C)c2ccccc2)cc1. The summed E-state index contributed by atoms with van der Waals surface area (Å²) in [7, 11) is 0. The number of hydrogen-bond donors (Lipinski definition) is 1. The quantitative estimate of drug-likeness (QED) is 0.429. The maximum absolute atomic E-state index is 12.4. The summed E-state index contributed by atoms with van der Waals surface area (Å²) in [5.74, 6) is 0.406. The molecule has 0 heterocycles. The molecule has 134 valence electrons. The Labute approximate surface area is 155 Å². The van der Waals surface area contributed by atoms with Crippen LogP contribution in [-0.2, 0) is 4.79 Å². The molecule has 0 aliphatic heterocycles. The number of ether oxygens (including phenoxy) is 1. The first-order valence-corrected chi connectivity index (χ1v) is 8.84. The van der Waals surface area contributed by atoms with E-state index in [1.807, 2.05) is 67.6 Å². The van der Waals surface area contributed by atoms with Crippen molar-refractivity contribution in [1.29, 1.82) is 5.26 Å². The van der Waals surface area contributed by atoms with Gasteiger partial charge in [0.05, 0.1) is 12.6 Å². The minimum Gasteiger partial charge on any atom is -0.494 e. The zero-order valence-electron chi connectivity index (χ0n) is 15.2. The topological polar surface area (TPSA) is 62.1 Å². The van der Waals surface area contributed by atoms with Gasteiger partial charge in [-0.15, -0.1) is 0 Å². The van der Waals surface area contributed by atoms with Crippen molar-refractivity contribution in [2.45, 2.75) is 32.7 Å². The average Bonchev–Trinajstić information content (AvgIpc) is 2.68. The summed E-state index contributed by atoms with van der Waals surface area (Å²) < 4.78 is 5.62. The van der Waals surface area contributed by atoms with Crippen LogP contribution in [0.25, 0.3) is 6.08 Å². The van der Waals surface area contributed by atoms with Gasteiger partial charge in [-0.3, -0.25) is 4.79 Å². The van der Waals surface area contributed by atoms with Gasteiger partial charge in [-0.1, -0.05) is 55.8 Å². The Bertz CT molecular complexity index is 774. The van der Waals surface area contributed by atoms with Gasteiger partial charge in [0.25, 0.3) is 5.91 Å². The van der Waals surface area contributed by atoms with E-state index in [-0.39, 0.29) is 17.5 Å². The standard InChI is InChI=1S/C22H24N2O2/c1-3-4-14-26-21-12-10-18(11-13-21)15-20(16-23)22(25)24-17(2)19-8-6-5-7-9-19/h5-13,15,17H,3-4,14H2,1-2H3,(H,24,25)/b20-15+. The summed E-state index contributed by atoms with van der Waals surface area (Å²) >= 11 is 0. The van der Waals surface area contributed by atoms with E-state index in [9.17, 15) is 10.1 Å². The second-order valence-corrected chi connectivity index (χ2v) is 6.05. The molecular formula is C22H24N2O2. The maximum atomic E-state index is 12.4. The molecule has 0 bridgehead atoms. The van der Waals surface area contributed by atoms with Crippen molar-refractivity contribution in [2.24, 2.45) is 0 Å². The van der Waals surface area contributed by atoms with Gasteiger partial charge in [0.2, 0.25) is 0 Å². The Morgan fingerprint density at radius 2 is 1.88 bits per heavy atom. The molecule has 0 aliphatic carbocycles. The second-order valence-electron chi connectivity index (χ2n) is 6.05. The van der Waals surface area contributed by atoms with Gasteiger partial charge in [-0.05, 0) is 42.7 Å². The van der Waals surface area contributed by atoms with Gasteiger partial charge in [0, 0.05) is 0 Å². The van der Waals surface area contributed by atoms with Crippen LogP contribution in [0, 0.1) is 11.3 Å². The van der Waals surface area contributed by atoms with Gasteiger partial charge in [0.15, 0.2) is 0 Å². The van der Waals surface area contributed by atoms with Crippen LogP contribution in [0.5, 0.6) is 5.75 Å². The fourth-order valence-corrected chi connectivity index (χ4v) is 2.41. The third-order valence-corrected chi connectivity index (χ3v) is 3.97. The molecule has 0 spiro atoms. The Morgan fingerprint density at radius 1 is 1.19 bits per heavy atom. The van der Waals surface area contributed by atoms with Crippen LogP contribution in [-0.4, -0.2) is 12.5 Å². The van der Waals surface area contributed by atoms with Crippen LogP contribution >= 0.6 is 0 Å². The molecule has 1 amide bonds. The molecule has 0 aromatic heterocycles. The van der Waals surface area contributed by atoms with Gasteiger partial charge < -0.3 is 10.1 Å². The number of carbonyl (C=O) groups is 1. The minimum absolute atomic E-state index is 0.0763. The number of unbranched alkanes of at least 4 members (excludes halogenated alkanes) is 1. The average molecular weight is 348 g/mol. The van der Waals surface area contributed by atoms with E-state index >= 15 is 0 Å². The van der Waals surface area contributed by atoms with E-state index in [1.54, 1.807) is 6.08 Å². The van der Waals surface area contributed by atoms with Gasteiger partial charge in [0.1, 0.15) is 17.4 Å². The Balaban J connectivity index is 2.02. The third-order valence-electron chi connectivity index (χ3n) is 3.97. The Morgan fingerprint density at radius 3 is 2.50 bits per heavy atom. The molecule has 2 aromatic rings. The summed E-state index contributed by atoms with van der Waals surface area (Å²) in [6.45, 7) is 4.70. The normalized spacial score (nSPS) is 12.1. The highest BCUT2D eigenvalue weighted by atomic mass is 16.5. The van der Waals surface area contributed by atoms with E-state index < -0.39 is 0 Å². The maximum Gasteiger partial charge on any atom is 0.262 e. The number of nitrogens with one attached hydrogen (secondary N) is 1. The van der Waals surface area contributed by atoms with E-state index in [0.29, 0.717) is 6.61 Å². The first-order chi connectivity index (χ1) is 12.6. The van der Waals surface area contributed by atoms with Crippen LogP contribution in [0.2, 0.25) is 0 Å². The summed E-state index contributed by atoms with van der Waals surface area (Å²) in [6.07, 6.45) is 3.69. The first kappa shape index (κ1) is 19.3. The molecule has 1 atom stereocenters. The predicted molar refractivity (Wildman–Crippen MR) is 103 cm³/mol. The van der Waals surface area contributed by atoms with Crippen molar-refractivity contribution >= 4 is 12.0 Å². The molecule has 2 aromatic carbocycles. The van der Waals surface area contributed by atoms with E-state index in [0.717, 1.165) is 29.7 Å². The molecule has 0 radical (unpaired) electrons. The highest BCUT2D eigenvalue weighted by Crippen LogP contribution is 2.16. The van der Waals surface area contributed by atoms with E-state index in [4.69, 9.17) is 4.74 Å². The first-order valence-electron chi connectivity index (χ1n) is 8.84. The molecule has 0 aliphatic rings. The number of nitriles is 1. The molecule has 1 N–H and O–H groups in total. The highest BCUT2D eigenvalue weighted by Gasteiger charge is 2.13. The number of hydrogen-bond acceptors (Lipinski definition) is 3. The predicted octanol–water partition coefficient (Wildman–Crippen LogP) is 4.65. The molecule has 2 rings (SSSR count). The molecule has 4 nitrogen and oxygen atoms in total. The van der Waals surface area contributed by atoms with Crippen molar-refractivity contribution in [3.8, 4) is 11.8 Å². The zero-order chi connectivity index (χ0) is 18.8. The lowest BCUT2D eigenvalue weighted by atomic mass is 10.1. The van der Waals surface area contributed by atoms with Gasteiger partial charge in [-0.25, -0.2) is 0 Å². The van der Waals surface area contributed by atoms with E-state index in [2.05, 4.69) is 12.2 Å². The van der Waals surface area contributed by atoms with Crippen LogP contribution in [0.3, 0.4) is 0 Å². The monoisotopic (exact) mass is 348 g/mol. The summed E-state index contributed by atoms with van der Waals surface area (Å²) in [5, 5.41) is 12.2. The molecule has 4 heteroatoms. The lowest BCUT2D eigenvalue weighted by Crippen LogP contribution is -2.27. The fraction of sp³-hybridized carbons (Fsp3) is 0.273. The second kappa shape index (κ2) is 10.0. The van der Waals surface area contributed by atoms with Gasteiger partial charge in [-0.2, -0.15) is 5.26 Å². The lowest BCUT2D eigenvalue weighted by molar-refractivity contribution is -0.117. The van der Waals surface area contributed by atoms with Crippen LogP contribution in [0.1, 0.15) is 43.9 Å². The third kappa shape index (κ3) is 5.78. The van der Waals surface area contributed by atoms with Crippen molar-refractivity contribution in [3.05, 3.63) is 71.3 Å². The van der Waals surface area contributed by atoms with Crippen LogP contribution in [0.4, 0.5) is 0 Å². The number of benzene rings is 2. The van der Waals surface area contributed by atoms with Crippen molar-refractivity contribution in [3.63, 3.8) is 0 Å². The Hall–Kier alpha value is -3.06. The number of nitrogens with zero attached hydrogens (tertiary/aromatic N) is 1. The number of rotatable bonds is 8. The lowest BCUT2D eigenvalue weighted by Gasteiger charge is -2.13. The number of amides is 1. The van der Waals surface area contributed by atoms with Crippen LogP contribution < -0.4 is 10.1 Å². The minimum atomic E-state index is -0.382. The Kier molecular flexibility index (Phi) is 7.45.